The molecule has 0 bridgehead atoms. The maximum Gasteiger partial charge on any atom is 0.319 e. The molecule has 2 rings (SSSR count). The zero-order valence-corrected chi connectivity index (χ0v) is 17.5. The zero-order valence-electron chi connectivity index (χ0n) is 15.1. The number of aromatic nitrogens is 1. The normalized spacial score (nSPS) is 10.8. The number of thioether (sulfide) groups is 1. The summed E-state index contributed by atoms with van der Waals surface area (Å²) in [6.45, 7) is 1.41. The van der Waals surface area contributed by atoms with Gasteiger partial charge >= 0.3 is 6.03 Å². The SMILES string of the molecule is CN(C)CCCNC(=O)Nc1snc(SCc2ccc(Cl)cc2)c1C(N)=O. The van der Waals surface area contributed by atoms with Crippen molar-refractivity contribution in [2.45, 2.75) is 17.2 Å². The first kappa shape index (κ1) is 21.5. The summed E-state index contributed by atoms with van der Waals surface area (Å²) in [6, 6.07) is 7.05. The summed E-state index contributed by atoms with van der Waals surface area (Å²) in [7, 11) is 3.94. The average molecular weight is 428 g/mol. The van der Waals surface area contributed by atoms with Crippen LogP contribution >= 0.6 is 34.9 Å². The Morgan fingerprint density at radius 3 is 2.63 bits per heavy atom. The van der Waals surface area contributed by atoms with Crippen LogP contribution in [0.1, 0.15) is 22.3 Å². The lowest BCUT2D eigenvalue weighted by molar-refractivity contribution is 0.0998. The van der Waals surface area contributed by atoms with Gasteiger partial charge in [-0.05, 0) is 56.3 Å². The van der Waals surface area contributed by atoms with Crippen LogP contribution in [0.4, 0.5) is 9.80 Å². The van der Waals surface area contributed by atoms with Gasteiger partial charge in [0.1, 0.15) is 15.6 Å². The van der Waals surface area contributed by atoms with Gasteiger partial charge in [-0.2, -0.15) is 4.37 Å². The van der Waals surface area contributed by atoms with Crippen LogP contribution in [0, 0.1) is 0 Å². The van der Waals surface area contributed by atoms with E-state index in [1.165, 1.54) is 11.8 Å². The lowest BCUT2D eigenvalue weighted by Gasteiger charge is -2.10. The number of anilines is 1. The molecule has 0 radical (unpaired) electrons. The Kier molecular flexibility index (Phi) is 8.36. The highest BCUT2D eigenvalue weighted by atomic mass is 35.5. The quantitative estimate of drug-likeness (QED) is 0.421. The van der Waals surface area contributed by atoms with Gasteiger partial charge in [-0.3, -0.25) is 10.1 Å². The Morgan fingerprint density at radius 1 is 1.30 bits per heavy atom. The van der Waals surface area contributed by atoms with Crippen molar-refractivity contribution in [3.05, 3.63) is 40.4 Å². The third-order valence-corrected chi connectivity index (χ3v) is 5.67. The summed E-state index contributed by atoms with van der Waals surface area (Å²) in [5, 5.41) is 6.95. The highest BCUT2D eigenvalue weighted by Gasteiger charge is 2.20. The van der Waals surface area contributed by atoms with Crippen molar-refractivity contribution in [3.8, 4) is 0 Å². The number of carbonyl (C=O) groups is 2. The van der Waals surface area contributed by atoms with Crippen LogP contribution in [0.5, 0.6) is 0 Å². The van der Waals surface area contributed by atoms with Crippen LogP contribution in [0.3, 0.4) is 0 Å². The molecule has 146 valence electrons. The molecule has 1 heterocycles. The molecule has 0 aliphatic heterocycles. The number of nitrogens with two attached hydrogens (primary N) is 1. The molecule has 0 saturated heterocycles. The second kappa shape index (κ2) is 10.5. The van der Waals surface area contributed by atoms with E-state index in [1.807, 2.05) is 31.1 Å². The highest BCUT2D eigenvalue weighted by Crippen LogP contribution is 2.33. The van der Waals surface area contributed by atoms with E-state index < -0.39 is 5.91 Å². The third-order valence-electron chi connectivity index (χ3n) is 3.49. The van der Waals surface area contributed by atoms with Crippen LogP contribution in [0.25, 0.3) is 0 Å². The number of rotatable bonds is 9. The standard InChI is InChI=1S/C17H22ClN5O2S2/c1-23(2)9-3-8-20-17(25)21-15-13(14(19)24)16(22-27-15)26-10-11-4-6-12(18)7-5-11/h4-7H,3,8-10H2,1-2H3,(H2,19,24)(H2,20,21,25). The average Bonchev–Trinajstić information content (AvgIpc) is 3.01. The van der Waals surface area contributed by atoms with Gasteiger partial charge in [-0.25, -0.2) is 4.79 Å². The van der Waals surface area contributed by atoms with Crippen LogP contribution in [-0.2, 0) is 5.75 Å². The number of carbonyl (C=O) groups excluding carboxylic acids is 2. The van der Waals surface area contributed by atoms with Crippen molar-refractivity contribution in [2.24, 2.45) is 5.73 Å². The summed E-state index contributed by atoms with van der Waals surface area (Å²) in [5.74, 6) is -0.0116. The highest BCUT2D eigenvalue weighted by molar-refractivity contribution is 7.98. The minimum Gasteiger partial charge on any atom is -0.365 e. The van der Waals surface area contributed by atoms with Crippen LogP contribution in [0.15, 0.2) is 29.3 Å². The van der Waals surface area contributed by atoms with E-state index in [1.54, 1.807) is 12.1 Å². The largest absolute Gasteiger partial charge is 0.365 e. The van der Waals surface area contributed by atoms with Gasteiger partial charge in [0.25, 0.3) is 5.91 Å². The number of benzene rings is 1. The molecule has 0 aliphatic rings. The molecule has 2 aromatic rings. The molecule has 27 heavy (non-hydrogen) atoms. The summed E-state index contributed by atoms with van der Waals surface area (Å²) in [4.78, 5) is 25.9. The summed E-state index contributed by atoms with van der Waals surface area (Å²) >= 11 is 8.31. The molecule has 1 aromatic heterocycles. The second-order valence-corrected chi connectivity index (χ2v) is 8.18. The fourth-order valence-electron chi connectivity index (χ4n) is 2.15. The molecule has 3 amide bonds. The summed E-state index contributed by atoms with van der Waals surface area (Å²) < 4.78 is 4.27. The van der Waals surface area contributed by atoms with Crippen molar-refractivity contribution in [3.63, 3.8) is 0 Å². The molecule has 0 aliphatic carbocycles. The molecule has 10 heteroatoms. The topological polar surface area (TPSA) is 100 Å². The minimum atomic E-state index is -0.620. The predicted octanol–water partition coefficient (Wildman–Crippen LogP) is 3.26. The van der Waals surface area contributed by atoms with Crippen molar-refractivity contribution >= 4 is 51.8 Å². The lowest BCUT2D eigenvalue weighted by Crippen LogP contribution is -2.31. The van der Waals surface area contributed by atoms with Crippen LogP contribution in [0.2, 0.25) is 5.02 Å². The Hall–Kier alpha value is -1.81. The number of nitrogens with zero attached hydrogens (tertiary/aromatic N) is 2. The molecule has 0 saturated carbocycles. The molecule has 4 N–H and O–H groups in total. The number of hydrogen-bond donors (Lipinski definition) is 3. The Balaban J connectivity index is 1.96. The fraction of sp³-hybridized carbons (Fsp3) is 0.353. The van der Waals surface area contributed by atoms with Gasteiger partial charge in [0.2, 0.25) is 0 Å². The van der Waals surface area contributed by atoms with Gasteiger partial charge in [0.05, 0.1) is 0 Å². The van der Waals surface area contributed by atoms with E-state index in [-0.39, 0.29) is 11.6 Å². The molecule has 7 nitrogen and oxygen atoms in total. The van der Waals surface area contributed by atoms with Gasteiger partial charge in [-0.1, -0.05) is 35.5 Å². The first-order valence-corrected chi connectivity index (χ1v) is 10.4. The van der Waals surface area contributed by atoms with E-state index in [9.17, 15) is 9.59 Å². The Bertz CT molecular complexity index is 780. The zero-order chi connectivity index (χ0) is 19.8. The minimum absolute atomic E-state index is 0.238. The molecular weight excluding hydrogens is 406 g/mol. The Labute approximate surface area is 171 Å². The van der Waals surface area contributed by atoms with Crippen molar-refractivity contribution in [1.29, 1.82) is 0 Å². The van der Waals surface area contributed by atoms with Crippen molar-refractivity contribution < 1.29 is 9.59 Å². The number of nitrogens with one attached hydrogen (secondary N) is 2. The van der Waals surface area contributed by atoms with Crippen molar-refractivity contribution in [2.75, 3.05) is 32.5 Å². The number of amides is 3. The number of primary amides is 1. The van der Waals surface area contributed by atoms with Gasteiger partial charge in [0, 0.05) is 17.3 Å². The maximum atomic E-state index is 12.0. The first-order valence-electron chi connectivity index (χ1n) is 8.23. The monoisotopic (exact) mass is 427 g/mol. The van der Waals surface area contributed by atoms with E-state index in [2.05, 4.69) is 15.0 Å². The van der Waals surface area contributed by atoms with Gasteiger partial charge in [-0.15, -0.1) is 0 Å². The predicted molar refractivity (Wildman–Crippen MR) is 112 cm³/mol. The molecule has 1 aromatic carbocycles. The summed E-state index contributed by atoms with van der Waals surface area (Å²) in [5.41, 5.74) is 6.78. The number of urea groups is 1. The molecule has 0 spiro atoms. The van der Waals surface area contributed by atoms with Gasteiger partial charge in [0.15, 0.2) is 0 Å². The second-order valence-electron chi connectivity index (χ2n) is 6.01. The van der Waals surface area contributed by atoms with E-state index in [0.717, 1.165) is 30.1 Å². The maximum absolute atomic E-state index is 12.0. The fourth-order valence-corrected chi connectivity index (χ4v) is 4.20. The van der Waals surface area contributed by atoms with Crippen molar-refractivity contribution in [1.82, 2.24) is 14.6 Å². The molecule has 0 fully saturated rings. The van der Waals surface area contributed by atoms with E-state index in [4.69, 9.17) is 17.3 Å². The lowest BCUT2D eigenvalue weighted by atomic mass is 10.2. The van der Waals surface area contributed by atoms with Crippen LogP contribution in [-0.4, -0.2) is 48.4 Å². The summed E-state index contributed by atoms with van der Waals surface area (Å²) in [6.07, 6.45) is 0.827. The van der Waals surface area contributed by atoms with E-state index in [0.29, 0.717) is 27.3 Å². The molecule has 0 unspecified atom stereocenters. The first-order chi connectivity index (χ1) is 12.9. The van der Waals surface area contributed by atoms with E-state index >= 15 is 0 Å². The molecular formula is C17H22ClN5O2S2. The Morgan fingerprint density at radius 2 is 2.00 bits per heavy atom. The molecule has 0 atom stereocenters. The number of hydrogen-bond acceptors (Lipinski definition) is 6. The third kappa shape index (κ3) is 7.02. The van der Waals surface area contributed by atoms with Gasteiger partial charge < -0.3 is 16.0 Å². The number of halogens is 1. The smallest absolute Gasteiger partial charge is 0.319 e. The van der Waals surface area contributed by atoms with Crippen LogP contribution < -0.4 is 16.4 Å².